The van der Waals surface area contributed by atoms with Crippen molar-refractivity contribution in [1.29, 1.82) is 0 Å². The maximum absolute atomic E-state index is 2.75. The predicted molar refractivity (Wildman–Crippen MR) is 582 cm³/mol. The first kappa shape index (κ1) is 83.3. The van der Waals surface area contributed by atoms with Gasteiger partial charge in [0.15, 0.2) is 0 Å². The molecule has 19 aromatic carbocycles. The van der Waals surface area contributed by atoms with Crippen molar-refractivity contribution < 1.29 is 0 Å². The lowest BCUT2D eigenvalue weighted by molar-refractivity contribution is 0.590. The Labute approximate surface area is 798 Å². The van der Waals surface area contributed by atoms with Crippen molar-refractivity contribution in [2.24, 2.45) is 0 Å². The second-order valence-electron chi connectivity index (χ2n) is 41.6. The van der Waals surface area contributed by atoms with Crippen LogP contribution in [0.4, 0.5) is 34.1 Å². The van der Waals surface area contributed by atoms with Crippen LogP contribution < -0.4 is 26.2 Å². The number of hydrogen-bond donors (Lipinski definition) is 0. The van der Waals surface area contributed by atoms with Gasteiger partial charge < -0.3 is 23.5 Å². The molecular formula is C130H106BN5. The van der Waals surface area contributed by atoms with Crippen molar-refractivity contribution in [3.63, 3.8) is 0 Å². The number of aromatic nitrogens is 3. The van der Waals surface area contributed by atoms with Crippen molar-refractivity contribution in [3.05, 3.63) is 447 Å². The third kappa shape index (κ3) is 14.0. The Morgan fingerprint density at radius 3 is 0.647 bits per heavy atom. The van der Waals surface area contributed by atoms with E-state index in [1.807, 2.05) is 0 Å². The first-order valence-electron chi connectivity index (χ1n) is 48.1. The van der Waals surface area contributed by atoms with Gasteiger partial charge in [0.25, 0.3) is 6.71 Å². The van der Waals surface area contributed by atoms with E-state index in [4.69, 9.17) is 0 Å². The molecule has 136 heavy (non-hydrogen) atoms. The van der Waals surface area contributed by atoms with Crippen molar-refractivity contribution in [2.75, 3.05) is 9.80 Å². The van der Waals surface area contributed by atoms with Crippen LogP contribution in [0.2, 0.25) is 0 Å². The van der Waals surface area contributed by atoms with Crippen LogP contribution in [0.5, 0.6) is 0 Å². The van der Waals surface area contributed by atoms with Gasteiger partial charge in [-0.15, -0.1) is 0 Å². The minimum atomic E-state index is -0.377. The summed E-state index contributed by atoms with van der Waals surface area (Å²) in [6, 6.07) is 163. The molecular weight excluding hydrogens is 1640 g/mol. The van der Waals surface area contributed by atoms with E-state index in [0.717, 1.165) is 173 Å². The largest absolute Gasteiger partial charge is 0.310 e. The van der Waals surface area contributed by atoms with Crippen molar-refractivity contribution in [3.8, 4) is 106 Å². The van der Waals surface area contributed by atoms with Gasteiger partial charge in [-0.1, -0.05) is 411 Å². The minimum absolute atomic E-state index is 0.0231. The van der Waals surface area contributed by atoms with Crippen LogP contribution in [0, 0.1) is 0 Å². The summed E-state index contributed by atoms with van der Waals surface area (Å²) in [5.74, 6) is 0. The molecule has 22 aromatic rings. The second-order valence-corrected chi connectivity index (χ2v) is 41.6. The minimum Gasteiger partial charge on any atom is -0.310 e. The lowest BCUT2D eigenvalue weighted by atomic mass is 9.33. The van der Waals surface area contributed by atoms with Gasteiger partial charge in [-0.3, -0.25) is 0 Å². The van der Waals surface area contributed by atoms with Crippen LogP contribution in [0.1, 0.15) is 105 Å². The highest BCUT2D eigenvalue weighted by Gasteiger charge is 2.47. The molecule has 0 spiro atoms. The molecule has 0 bridgehead atoms. The predicted octanol–water partition coefficient (Wildman–Crippen LogP) is 33.6. The first-order valence-corrected chi connectivity index (χ1v) is 48.1. The van der Waals surface area contributed by atoms with Crippen molar-refractivity contribution >= 4 is 123 Å². The molecule has 0 saturated carbocycles. The van der Waals surface area contributed by atoms with E-state index >= 15 is 0 Å². The van der Waals surface area contributed by atoms with Crippen LogP contribution in [-0.2, 0) is 21.7 Å². The van der Waals surface area contributed by atoms with E-state index in [-0.39, 0.29) is 28.4 Å². The molecule has 654 valence electrons. The van der Waals surface area contributed by atoms with Gasteiger partial charge in [0.05, 0.1) is 50.2 Å². The van der Waals surface area contributed by atoms with Crippen LogP contribution in [0.15, 0.2) is 425 Å². The Hall–Kier alpha value is -15.8. The maximum atomic E-state index is 2.75. The van der Waals surface area contributed by atoms with Gasteiger partial charge in [-0.05, 0) is 224 Å². The van der Waals surface area contributed by atoms with Gasteiger partial charge in [0, 0.05) is 88.7 Å². The third-order valence-electron chi connectivity index (χ3n) is 29.1. The van der Waals surface area contributed by atoms with Crippen molar-refractivity contribution in [1.82, 2.24) is 13.7 Å². The van der Waals surface area contributed by atoms with E-state index in [0.29, 0.717) is 0 Å². The Kier molecular flexibility index (Phi) is 19.6. The SMILES string of the molecule is CC(C)(C)c1ccc(-c2cccc(-c3cccc(-c4cccc(-c5ccc(C(C)(C)C)cc5)c4)c3N3c4cc(-n5c6ccccc6c6ccccc65)ccc4B4c5ccc(-n6c7ccccc7c7ccccc76)cc5N(c5c(-c6cccc(-c7ccc(C(C)(C)C)cc7)c6)cccc5-c5cccc(-c6ccc(C(C)(C)C)cc6)c5)c5cc(-n6c7ccccc7c7ccccc76)cc3c54)c2)cc1. The molecule has 0 N–H and O–H groups in total. The first-order chi connectivity index (χ1) is 66.0. The van der Waals surface area contributed by atoms with Gasteiger partial charge in [0.1, 0.15) is 0 Å². The fraction of sp³-hybridized carbons (Fsp3) is 0.123. The molecule has 0 fully saturated rings. The lowest BCUT2D eigenvalue weighted by Crippen LogP contribution is -2.61. The zero-order valence-electron chi connectivity index (χ0n) is 79.2. The van der Waals surface area contributed by atoms with Crippen LogP contribution in [0.3, 0.4) is 0 Å². The van der Waals surface area contributed by atoms with Crippen LogP contribution >= 0.6 is 0 Å². The summed E-state index contributed by atoms with van der Waals surface area (Å²) in [5.41, 5.74) is 42.9. The van der Waals surface area contributed by atoms with Gasteiger partial charge in [-0.25, -0.2) is 0 Å². The number of hydrogen-bond acceptors (Lipinski definition) is 2. The molecule has 24 rings (SSSR count). The summed E-state index contributed by atoms with van der Waals surface area (Å²) in [6.45, 7) is 27.2. The molecule has 6 heteroatoms. The molecule has 0 radical (unpaired) electrons. The summed E-state index contributed by atoms with van der Waals surface area (Å²) in [7, 11) is 0. The van der Waals surface area contributed by atoms with E-state index in [1.54, 1.807) is 0 Å². The molecule has 2 aliphatic heterocycles. The fourth-order valence-corrected chi connectivity index (χ4v) is 22.1. The van der Waals surface area contributed by atoms with E-state index in [1.165, 1.54) is 71.0 Å². The summed E-state index contributed by atoms with van der Waals surface area (Å²) in [4.78, 5) is 5.51. The van der Waals surface area contributed by atoms with Crippen molar-refractivity contribution in [2.45, 2.75) is 105 Å². The smallest absolute Gasteiger partial charge is 0.252 e. The molecule has 0 unspecified atom stereocenters. The Morgan fingerprint density at radius 2 is 0.397 bits per heavy atom. The van der Waals surface area contributed by atoms with E-state index in [2.05, 4.69) is 531 Å². The maximum Gasteiger partial charge on any atom is 0.252 e. The van der Waals surface area contributed by atoms with Gasteiger partial charge in [-0.2, -0.15) is 0 Å². The van der Waals surface area contributed by atoms with Crippen LogP contribution in [-0.4, -0.2) is 20.4 Å². The molecule has 0 aliphatic carbocycles. The molecule has 0 amide bonds. The summed E-state index contributed by atoms with van der Waals surface area (Å²) >= 11 is 0. The molecule has 3 aromatic heterocycles. The summed E-state index contributed by atoms with van der Waals surface area (Å²) in [5, 5.41) is 7.18. The Bertz CT molecular complexity index is 7720. The number of nitrogens with zero attached hydrogens (tertiary/aromatic N) is 5. The highest BCUT2D eigenvalue weighted by Crippen LogP contribution is 2.56. The van der Waals surface area contributed by atoms with E-state index < -0.39 is 0 Å². The molecule has 0 saturated heterocycles. The second kappa shape index (κ2) is 32.0. The normalized spacial score (nSPS) is 12.8. The number of para-hydroxylation sites is 8. The summed E-state index contributed by atoms with van der Waals surface area (Å²) in [6.07, 6.45) is 0. The molecule has 5 nitrogen and oxygen atoms in total. The van der Waals surface area contributed by atoms with Gasteiger partial charge >= 0.3 is 0 Å². The third-order valence-corrected chi connectivity index (χ3v) is 29.1. The molecule has 0 atom stereocenters. The Morgan fingerprint density at radius 1 is 0.176 bits per heavy atom. The highest BCUT2D eigenvalue weighted by atomic mass is 15.2. The number of benzene rings is 19. The zero-order chi connectivity index (χ0) is 92.4. The topological polar surface area (TPSA) is 21.3 Å². The fourth-order valence-electron chi connectivity index (χ4n) is 22.1. The lowest BCUT2D eigenvalue weighted by Gasteiger charge is -2.46. The van der Waals surface area contributed by atoms with Gasteiger partial charge in [0.2, 0.25) is 0 Å². The monoisotopic (exact) mass is 1750 g/mol. The number of anilines is 6. The number of rotatable bonds is 13. The quantitative estimate of drug-likeness (QED) is 0.107. The zero-order valence-corrected chi connectivity index (χ0v) is 79.2. The standard InChI is InChI=1S/C130H106BN5/c1-127(2,3)95-63-55-83(56-64-95)87-31-25-35-91(75-87)102-45-29-46-103(92-36-26-32-88(76-92)84-57-65-96(66-58-84)128(4,5)6)125(102)135-120-79-99(132-114-49-19-13-39-106(114)107-40-14-20-50-115(107)132)71-73-112(120)131-113-74-72-100(133-116-51-21-15-41-108(116)109-42-16-22-52-117(109)133)80-121(113)136(123-82-101(81-122(135)124(123)131)134-118-53-23-17-43-110(118)111-44-18-24-54-119(111)134)126-104(93-37-27-33-89(77-93)85-59-67-97(68-60-85)129(7,8)9)47-30-48-105(126)94-38-28-34-90(78-94)86-61-69-98(70-62-86)130(10,11)12/h13-82H,1-12H3. The average molecular weight is 1750 g/mol. The van der Waals surface area contributed by atoms with E-state index in [9.17, 15) is 0 Å². The molecule has 2 aliphatic rings. The molecule has 5 heterocycles. The Balaban J connectivity index is 0.868. The highest BCUT2D eigenvalue weighted by molar-refractivity contribution is 7.00. The average Bonchev–Trinajstić information content (AvgIpc) is 0.992. The van der Waals surface area contributed by atoms with Crippen LogP contribution in [0.25, 0.3) is 171 Å². The summed E-state index contributed by atoms with van der Waals surface area (Å²) < 4.78 is 7.62. The number of fused-ring (bicyclic) bond motifs is 13.